The Morgan fingerprint density at radius 2 is 0.591 bits per heavy atom. The summed E-state index contributed by atoms with van der Waals surface area (Å²) < 4.78 is 191. The Hall–Kier alpha value is -10.8. The lowest BCUT2D eigenvalue weighted by molar-refractivity contribution is -0.140. The van der Waals surface area contributed by atoms with E-state index < -0.39 is 70.7 Å². The van der Waals surface area contributed by atoms with Crippen LogP contribution < -0.4 is 23.7 Å². The number of hydrogen-bond donors (Lipinski definition) is 4. The molecule has 36 heteroatoms. The number of aromatic nitrogens is 5. The molecule has 0 bridgehead atoms. The molecule has 0 atom stereocenters. The van der Waals surface area contributed by atoms with Crippen molar-refractivity contribution in [2.24, 2.45) is 21.1 Å². The summed E-state index contributed by atoms with van der Waals surface area (Å²) in [5.74, 6) is -4.67. The monoisotopic (exact) mass is 1630 g/mol. The van der Waals surface area contributed by atoms with E-state index in [1.807, 2.05) is 99.2 Å². The molecule has 0 aliphatic rings. The number of hydrogen-bond acceptors (Lipinski definition) is 18. The number of nitrogens with zero attached hydrogens (tertiary/aromatic N) is 8. The molecule has 10 aromatic rings. The third-order valence-corrected chi connectivity index (χ3v) is 18.4. The predicted octanol–water partition coefficient (Wildman–Crippen LogP) is 13.0. The smallest absolute Gasteiger partial charge is 0.420 e. The Morgan fingerprint density at radius 1 is 0.348 bits per heavy atom. The van der Waals surface area contributed by atoms with Crippen LogP contribution in [0.1, 0.15) is 73.0 Å². The number of aliphatic carboxylic acids is 2. The highest BCUT2D eigenvalue weighted by molar-refractivity contribution is 5.95. The van der Waals surface area contributed by atoms with Crippen molar-refractivity contribution in [3.8, 4) is 28.7 Å². The normalized spacial score (nSPS) is 11.8. The Kier molecular flexibility index (Phi) is 31.6. The van der Waals surface area contributed by atoms with Crippen LogP contribution in [0.25, 0.3) is 54.5 Å². The summed E-state index contributed by atoms with van der Waals surface area (Å²) in [5.41, 5.74) is 6.82. The van der Waals surface area contributed by atoms with Crippen molar-refractivity contribution < 1.29 is 120 Å². The molecular weight excluding hydrogens is 1540 g/mol. The van der Waals surface area contributed by atoms with Gasteiger partial charge in [0, 0.05) is 138 Å². The van der Waals surface area contributed by atoms with Crippen LogP contribution in [0.5, 0.6) is 28.7 Å². The molecule has 4 N–H and O–H groups in total. The van der Waals surface area contributed by atoms with Crippen molar-refractivity contribution in [1.82, 2.24) is 48.2 Å². The fraction of sp³-hybridized carbons (Fsp3) is 0.430. The van der Waals surface area contributed by atoms with E-state index in [9.17, 15) is 72.3 Å². The van der Waals surface area contributed by atoms with Gasteiger partial charge in [0.05, 0.1) is 117 Å². The molecule has 630 valence electrons. The van der Waals surface area contributed by atoms with E-state index in [2.05, 4.69) is 14.7 Å². The summed E-state index contributed by atoms with van der Waals surface area (Å²) in [6.45, 7) is 2.53. The topological polar surface area (TPSA) is 262 Å². The average Bonchev–Trinajstić information content (AvgIpc) is 1.64. The molecule has 10 rings (SSSR count). The van der Waals surface area contributed by atoms with Crippen LogP contribution >= 0.6 is 0 Å². The number of carbonyl (C=O) groups is 5. The fourth-order valence-electron chi connectivity index (χ4n) is 13.2. The number of alkyl halides is 9. The maximum atomic E-state index is 14.0. The zero-order chi connectivity index (χ0) is 86.5. The standard InChI is InChI=1S/C17H21F3N2O3.C16H19F3N2O3.C16H21FN2O3.C15H17F3N2O3.C15H19FN2O3/c1-21(2)9-14-11(7-16(23)25-5)10-6-15(24-4)12(17(18,19)20)8-13(10)22(14)3;1-21(2)8-13-10(6-15(22)24-4)9-5-14(23-3)11(16(17,18)19)7-12(9)20-13;1-18(2)9-14-11(7-16(20)22-5)10-6-15(21-4)12(17)8-13(10)19(14)3;1-20(2)7-12-9(5-14(21)22)8-4-13(23-3)10(15(16,17)18)6-11(8)19-12;1-17(2)8-13-10(6-15(19)20)9-5-14(21-4)11(16)7-12(9)18(13)3/h6,8H,7,9H2,1-5H3;5,7,20H,6,8H2,1-4H3;6,8H,7,9H2,1-5H3;4,6,19H,5,7H2,1-3H3,(H,21,22);5,7H,6,8H2,1-4H3,(H,19,20). The van der Waals surface area contributed by atoms with E-state index in [0.29, 0.717) is 99.1 Å². The molecule has 5 aromatic carbocycles. The largest absolute Gasteiger partial charge is 0.496 e. The molecule has 0 radical (unpaired) electrons. The van der Waals surface area contributed by atoms with Crippen molar-refractivity contribution in [3.05, 3.63) is 145 Å². The summed E-state index contributed by atoms with van der Waals surface area (Å²) in [6.07, 6.45) is -13.9. The van der Waals surface area contributed by atoms with Crippen LogP contribution in [0.4, 0.5) is 48.3 Å². The van der Waals surface area contributed by atoms with Crippen LogP contribution in [0, 0.1) is 11.6 Å². The van der Waals surface area contributed by atoms with Crippen LogP contribution in [0.2, 0.25) is 0 Å². The van der Waals surface area contributed by atoms with Gasteiger partial charge in [-0.2, -0.15) is 39.5 Å². The quantitative estimate of drug-likeness (QED) is 0.0235. The SMILES string of the molecule is COC(=O)Cc1c(CN(C)C)[nH]c2cc(C(F)(F)F)c(OC)cc12.COC(=O)Cc1c(CN(C)C)n(C)c2cc(C(F)(F)F)c(OC)cc12.COC(=O)Cc1c(CN(C)C)n(C)c2cc(F)c(OC)cc12.COc1cc2c(CC(=O)O)c(CN(C)C)[nH]c2cc1C(F)(F)F.COc1cc2c(CC(=O)O)c(CN(C)C)n(C)c2cc1F. The van der Waals surface area contributed by atoms with Crippen molar-refractivity contribution in [1.29, 1.82) is 0 Å². The van der Waals surface area contributed by atoms with Gasteiger partial charge >= 0.3 is 48.4 Å². The zero-order valence-corrected chi connectivity index (χ0v) is 67.8. The third-order valence-electron chi connectivity index (χ3n) is 18.4. The van der Waals surface area contributed by atoms with Crippen LogP contribution in [-0.2, 0) is 143 Å². The minimum atomic E-state index is -4.56. The number of carboxylic acid groups (broad SMARTS) is 2. The summed E-state index contributed by atoms with van der Waals surface area (Å²) in [4.78, 5) is 72.8. The second kappa shape index (κ2) is 39.0. The van der Waals surface area contributed by atoms with Crippen molar-refractivity contribution in [2.75, 3.05) is 127 Å². The highest BCUT2D eigenvalue weighted by atomic mass is 19.4. The van der Waals surface area contributed by atoms with E-state index in [1.54, 1.807) is 42.7 Å². The first-order chi connectivity index (χ1) is 53.6. The van der Waals surface area contributed by atoms with Gasteiger partial charge in [-0.15, -0.1) is 0 Å². The maximum absolute atomic E-state index is 14.0. The lowest BCUT2D eigenvalue weighted by Crippen LogP contribution is -2.16. The van der Waals surface area contributed by atoms with Crippen molar-refractivity contribution in [3.63, 3.8) is 0 Å². The van der Waals surface area contributed by atoms with E-state index in [4.69, 9.17) is 43.4 Å². The second-order valence-electron chi connectivity index (χ2n) is 28.0. The van der Waals surface area contributed by atoms with E-state index in [1.165, 1.54) is 80.1 Å². The number of ether oxygens (including phenoxy) is 8. The van der Waals surface area contributed by atoms with Crippen LogP contribution in [0.15, 0.2) is 60.7 Å². The van der Waals surface area contributed by atoms with Gasteiger partial charge in [0.15, 0.2) is 23.1 Å². The molecule has 0 saturated carbocycles. The number of methoxy groups -OCH3 is 8. The Labute approximate surface area is 656 Å². The molecule has 0 aliphatic carbocycles. The molecule has 0 unspecified atom stereocenters. The highest BCUT2D eigenvalue weighted by Gasteiger charge is 2.39. The molecule has 0 spiro atoms. The number of fused-ring (bicyclic) bond motifs is 5. The summed E-state index contributed by atoms with van der Waals surface area (Å²) >= 11 is 0. The number of benzene rings is 5. The summed E-state index contributed by atoms with van der Waals surface area (Å²) in [6, 6.07) is 13.0. The molecule has 0 fully saturated rings. The predicted molar refractivity (Wildman–Crippen MR) is 410 cm³/mol. The van der Waals surface area contributed by atoms with Gasteiger partial charge < -0.3 is 96.3 Å². The first kappa shape index (κ1) is 93.0. The molecule has 0 aliphatic heterocycles. The first-order valence-electron chi connectivity index (χ1n) is 35.0. The number of carboxylic acids is 2. The second-order valence-corrected chi connectivity index (χ2v) is 28.0. The molecule has 5 aromatic heterocycles. The highest BCUT2D eigenvalue weighted by Crippen LogP contribution is 2.44. The minimum Gasteiger partial charge on any atom is -0.496 e. The van der Waals surface area contributed by atoms with Gasteiger partial charge in [-0.3, -0.25) is 24.0 Å². The lowest BCUT2D eigenvalue weighted by atomic mass is 10.0. The van der Waals surface area contributed by atoms with Crippen molar-refractivity contribution in [2.45, 2.75) is 83.4 Å². The number of H-pyrrole nitrogens is 2. The van der Waals surface area contributed by atoms with Gasteiger partial charge in [-0.05, 0) is 147 Å². The number of rotatable bonds is 25. The molecule has 0 amide bonds. The Bertz CT molecular complexity index is 5140. The average molecular weight is 1640 g/mol. The van der Waals surface area contributed by atoms with Crippen LogP contribution in [-0.4, -0.2) is 216 Å². The minimum absolute atomic E-state index is 0.0223. The van der Waals surface area contributed by atoms with Gasteiger partial charge in [-0.25, -0.2) is 8.78 Å². The number of carbonyl (C=O) groups excluding carboxylic acids is 3. The number of halogens is 11. The Morgan fingerprint density at radius 3 is 0.861 bits per heavy atom. The number of nitrogens with one attached hydrogen (secondary N) is 2. The number of aryl methyl sites for hydroxylation is 3. The number of esters is 3. The molecular formula is C79H97F11N10O15. The van der Waals surface area contributed by atoms with Gasteiger partial charge in [-0.1, -0.05) is 0 Å². The van der Waals surface area contributed by atoms with Gasteiger partial charge in [0.1, 0.15) is 17.2 Å². The third kappa shape index (κ3) is 22.8. The maximum Gasteiger partial charge on any atom is 0.420 e. The lowest BCUT2D eigenvalue weighted by Gasteiger charge is -2.13. The fourth-order valence-corrected chi connectivity index (χ4v) is 13.2. The molecule has 0 saturated heterocycles. The van der Waals surface area contributed by atoms with E-state index in [-0.39, 0.29) is 72.3 Å². The first-order valence-corrected chi connectivity index (χ1v) is 35.0. The van der Waals surface area contributed by atoms with Crippen LogP contribution in [0.3, 0.4) is 0 Å². The molecule has 25 nitrogen and oxygen atoms in total. The van der Waals surface area contributed by atoms with E-state index in [0.717, 1.165) is 64.2 Å². The van der Waals surface area contributed by atoms with Gasteiger partial charge in [0.25, 0.3) is 0 Å². The van der Waals surface area contributed by atoms with E-state index >= 15 is 0 Å². The molecule has 5 heterocycles. The zero-order valence-electron chi connectivity index (χ0n) is 67.8. The summed E-state index contributed by atoms with van der Waals surface area (Å²) in [5, 5.41) is 21.2. The van der Waals surface area contributed by atoms with Gasteiger partial charge in [0.2, 0.25) is 0 Å². The molecule has 115 heavy (non-hydrogen) atoms. The van der Waals surface area contributed by atoms with Crippen molar-refractivity contribution >= 4 is 84.4 Å². The number of aromatic amines is 2. The Balaban J connectivity index is 0.000000224. The summed E-state index contributed by atoms with van der Waals surface area (Å²) in [7, 11) is 34.3.